The zero-order chi connectivity index (χ0) is 30.1. The molecular formula is C30H41N5O6S. The van der Waals surface area contributed by atoms with Crippen molar-refractivity contribution in [1.82, 2.24) is 15.5 Å². The first-order valence-electron chi connectivity index (χ1n) is 14.9. The number of nitrogens with one attached hydrogen (secondary N) is 3. The maximum atomic E-state index is 13.1. The topological polar surface area (TPSA) is 161 Å². The second-order valence-electron chi connectivity index (χ2n) is 11.1. The summed E-state index contributed by atoms with van der Waals surface area (Å²) in [6, 6.07) is 6.68. The molecule has 2 aliphatic carbocycles. The summed E-state index contributed by atoms with van der Waals surface area (Å²) in [7, 11) is 0. The van der Waals surface area contributed by atoms with Crippen LogP contribution in [0.4, 0.5) is 0 Å². The minimum atomic E-state index is -0.977. The predicted octanol–water partition coefficient (Wildman–Crippen LogP) is 3.70. The number of nitrogens with zero attached hydrogens (tertiary/aromatic N) is 2. The van der Waals surface area contributed by atoms with Gasteiger partial charge in [-0.2, -0.15) is 4.99 Å². The number of aliphatic carboxylic acids is 1. The van der Waals surface area contributed by atoms with Gasteiger partial charge in [-0.3, -0.25) is 24.6 Å². The molecule has 3 aliphatic rings. The molecule has 1 aromatic rings. The van der Waals surface area contributed by atoms with Crippen molar-refractivity contribution >= 4 is 46.5 Å². The number of hydrogen-bond donors (Lipinski definition) is 4. The van der Waals surface area contributed by atoms with Crippen LogP contribution in [0, 0.1) is 5.41 Å². The van der Waals surface area contributed by atoms with Crippen LogP contribution in [0.1, 0.15) is 93.5 Å². The Kier molecular flexibility index (Phi) is 11.4. The molecule has 4 rings (SSSR count). The molecule has 1 saturated heterocycles. The van der Waals surface area contributed by atoms with E-state index in [1.165, 1.54) is 18.2 Å². The van der Waals surface area contributed by atoms with Crippen LogP contribution in [0.3, 0.4) is 0 Å². The molecule has 2 amide bonds. The van der Waals surface area contributed by atoms with Crippen LogP contribution in [0.15, 0.2) is 29.3 Å². The zero-order valence-electron chi connectivity index (χ0n) is 24.1. The molecule has 42 heavy (non-hydrogen) atoms. The Morgan fingerprint density at radius 2 is 1.67 bits per heavy atom. The van der Waals surface area contributed by atoms with Crippen LogP contribution in [0.2, 0.25) is 0 Å². The molecule has 2 atom stereocenters. The van der Waals surface area contributed by atoms with Crippen molar-refractivity contribution < 1.29 is 29.0 Å². The Morgan fingerprint density at radius 3 is 2.31 bits per heavy atom. The van der Waals surface area contributed by atoms with Crippen molar-refractivity contribution in [1.29, 1.82) is 5.41 Å². The number of hydrogen-bond acceptors (Lipinski definition) is 7. The van der Waals surface area contributed by atoms with Crippen LogP contribution in [-0.2, 0) is 19.1 Å². The second-order valence-corrected chi connectivity index (χ2v) is 12.2. The summed E-state index contributed by atoms with van der Waals surface area (Å²) in [5.74, 6) is -1.64. The average molecular weight is 600 g/mol. The average Bonchev–Trinajstić information content (AvgIpc) is 3.25. The van der Waals surface area contributed by atoms with Gasteiger partial charge in [-0.1, -0.05) is 30.3 Å². The van der Waals surface area contributed by atoms with Crippen molar-refractivity contribution in [3.8, 4) is 0 Å². The third-order valence-corrected chi connectivity index (χ3v) is 9.40. The van der Waals surface area contributed by atoms with Gasteiger partial charge < -0.3 is 25.4 Å². The minimum Gasteiger partial charge on any atom is -0.481 e. The van der Waals surface area contributed by atoms with E-state index in [-0.39, 0.29) is 48.9 Å². The third kappa shape index (κ3) is 8.56. The van der Waals surface area contributed by atoms with E-state index in [4.69, 9.17) is 15.3 Å². The van der Waals surface area contributed by atoms with Gasteiger partial charge in [0.05, 0.1) is 6.42 Å². The second kappa shape index (κ2) is 15.2. The lowest BCUT2D eigenvalue weighted by atomic mass is 9.90. The highest BCUT2D eigenvalue weighted by Gasteiger charge is 2.45. The van der Waals surface area contributed by atoms with E-state index in [1.54, 1.807) is 24.3 Å². The fourth-order valence-corrected chi connectivity index (χ4v) is 6.72. The lowest BCUT2D eigenvalue weighted by molar-refractivity contribution is -0.150. The van der Waals surface area contributed by atoms with Crippen LogP contribution < -0.4 is 10.6 Å². The van der Waals surface area contributed by atoms with Crippen molar-refractivity contribution in [2.45, 2.75) is 101 Å². The summed E-state index contributed by atoms with van der Waals surface area (Å²) in [4.78, 5) is 55.2. The number of thioether (sulfide) groups is 1. The molecule has 3 fully saturated rings. The molecule has 1 aromatic carbocycles. The lowest BCUT2D eigenvalue weighted by Gasteiger charge is -2.39. The first-order valence-corrected chi connectivity index (χ1v) is 15.8. The number of carbonyl (C=O) groups excluding carboxylic acids is 3. The summed E-state index contributed by atoms with van der Waals surface area (Å²) >= 11 is 1.24. The number of aliphatic imine (C=N–C) groups is 1. The molecule has 1 heterocycles. The van der Waals surface area contributed by atoms with E-state index in [2.05, 4.69) is 20.5 Å². The molecule has 0 radical (unpaired) electrons. The van der Waals surface area contributed by atoms with Gasteiger partial charge in [0.25, 0.3) is 5.91 Å². The SMILES string of the molecule is CC1C(C(=O)NCCC(=O)O)SC(=NC(=O)c2ccc(C(=N)NCCCC(=O)OC3CCCCC3)cc2)N1C1CCC1. The molecule has 0 aromatic heterocycles. The van der Waals surface area contributed by atoms with Gasteiger partial charge in [0.2, 0.25) is 5.91 Å². The monoisotopic (exact) mass is 599 g/mol. The summed E-state index contributed by atoms with van der Waals surface area (Å²) in [6.45, 7) is 2.45. The largest absolute Gasteiger partial charge is 0.481 e. The van der Waals surface area contributed by atoms with Crippen LogP contribution >= 0.6 is 11.8 Å². The van der Waals surface area contributed by atoms with E-state index < -0.39 is 17.1 Å². The number of ether oxygens (including phenoxy) is 1. The Bertz CT molecular complexity index is 1180. The van der Waals surface area contributed by atoms with E-state index in [1.807, 2.05) is 6.92 Å². The fourth-order valence-electron chi connectivity index (χ4n) is 5.40. The maximum Gasteiger partial charge on any atom is 0.306 e. The molecule has 0 spiro atoms. The van der Waals surface area contributed by atoms with E-state index in [9.17, 15) is 19.2 Å². The van der Waals surface area contributed by atoms with E-state index in [0.717, 1.165) is 44.9 Å². The molecule has 1 aliphatic heterocycles. The maximum absolute atomic E-state index is 13.1. The molecule has 12 heteroatoms. The zero-order valence-corrected chi connectivity index (χ0v) is 24.9. The molecular weight excluding hydrogens is 558 g/mol. The van der Waals surface area contributed by atoms with E-state index >= 15 is 0 Å². The normalized spacial score (nSPS) is 21.9. The van der Waals surface area contributed by atoms with Crippen LogP contribution in [0.5, 0.6) is 0 Å². The third-order valence-electron chi connectivity index (χ3n) is 8.02. The van der Waals surface area contributed by atoms with Crippen LogP contribution in [0.25, 0.3) is 0 Å². The van der Waals surface area contributed by atoms with Crippen molar-refractivity contribution in [3.63, 3.8) is 0 Å². The standard InChI is InChI=1S/C30H41N5O6S/c1-19-26(29(40)33-18-16-24(36)37)42-30(35(19)22-7-5-8-22)34-28(39)21-14-12-20(13-15-21)27(31)32-17-6-11-25(38)41-23-9-3-2-4-10-23/h12-15,19,22-23,26H,2-11,16-18H2,1H3,(H2,31,32)(H,33,40)(H,36,37). The number of amidine groups is 2. The Balaban J connectivity index is 1.28. The van der Waals surface area contributed by atoms with Gasteiger partial charge in [0.15, 0.2) is 5.17 Å². The number of esters is 1. The van der Waals surface area contributed by atoms with Crippen molar-refractivity contribution in [2.75, 3.05) is 13.1 Å². The molecule has 11 nitrogen and oxygen atoms in total. The Hall–Kier alpha value is -3.41. The van der Waals surface area contributed by atoms with Gasteiger partial charge in [0, 0.05) is 42.7 Å². The van der Waals surface area contributed by atoms with E-state index in [0.29, 0.717) is 35.7 Å². The van der Waals surface area contributed by atoms with Gasteiger partial charge >= 0.3 is 11.9 Å². The van der Waals surface area contributed by atoms with Gasteiger partial charge in [-0.15, -0.1) is 0 Å². The smallest absolute Gasteiger partial charge is 0.306 e. The number of carboxylic acids is 1. The minimum absolute atomic E-state index is 0.0515. The lowest BCUT2D eigenvalue weighted by Crippen LogP contribution is -2.49. The Morgan fingerprint density at radius 1 is 0.976 bits per heavy atom. The first kappa shape index (κ1) is 31.5. The van der Waals surface area contributed by atoms with Crippen LogP contribution in [-0.4, -0.2) is 81.3 Å². The van der Waals surface area contributed by atoms with Crippen molar-refractivity contribution in [3.05, 3.63) is 35.4 Å². The highest BCUT2D eigenvalue weighted by molar-refractivity contribution is 8.15. The highest BCUT2D eigenvalue weighted by atomic mass is 32.2. The molecule has 228 valence electrons. The van der Waals surface area contributed by atoms with Crippen molar-refractivity contribution in [2.24, 2.45) is 4.99 Å². The summed E-state index contributed by atoms with van der Waals surface area (Å²) in [5.41, 5.74) is 0.989. The summed E-state index contributed by atoms with van der Waals surface area (Å²) in [5, 5.41) is 22.9. The first-order chi connectivity index (χ1) is 20.2. The fraction of sp³-hybridized carbons (Fsp3) is 0.600. The van der Waals surface area contributed by atoms with Gasteiger partial charge in [-0.05, 0) is 70.4 Å². The Labute approximate surface area is 250 Å². The number of rotatable bonds is 12. The quantitative estimate of drug-likeness (QED) is 0.121. The number of carboxylic acid groups (broad SMARTS) is 1. The molecule has 2 unspecified atom stereocenters. The summed E-state index contributed by atoms with van der Waals surface area (Å²) < 4.78 is 5.54. The molecule has 4 N–H and O–H groups in total. The van der Waals surface area contributed by atoms with Gasteiger partial charge in [-0.25, -0.2) is 0 Å². The number of benzene rings is 1. The number of amides is 2. The summed E-state index contributed by atoms with van der Waals surface area (Å²) in [6.07, 6.45) is 9.13. The highest BCUT2D eigenvalue weighted by Crippen LogP contribution is 2.39. The number of carbonyl (C=O) groups is 4. The predicted molar refractivity (Wildman–Crippen MR) is 161 cm³/mol. The van der Waals surface area contributed by atoms with Gasteiger partial charge in [0.1, 0.15) is 17.2 Å². The molecule has 2 saturated carbocycles. The molecule has 0 bridgehead atoms.